The number of rotatable bonds is 3. The maximum absolute atomic E-state index is 11.5. The van der Waals surface area contributed by atoms with Crippen molar-refractivity contribution in [3.63, 3.8) is 0 Å². The molecule has 0 saturated carbocycles. The van der Waals surface area contributed by atoms with Gasteiger partial charge in [0.15, 0.2) is 0 Å². The second-order valence-electron chi connectivity index (χ2n) is 3.35. The molecule has 1 amide bonds. The zero-order chi connectivity index (χ0) is 9.84. The summed E-state index contributed by atoms with van der Waals surface area (Å²) in [6, 6.07) is -0.135. The Hall–Kier alpha value is -0.585. The topological polar surface area (TPSA) is 72.8 Å². The predicted octanol–water partition coefficient (Wildman–Crippen LogP) is -1.79. The van der Waals surface area contributed by atoms with Crippen molar-refractivity contribution in [2.45, 2.75) is 18.9 Å². The van der Waals surface area contributed by atoms with E-state index in [1.54, 1.807) is 7.05 Å². The highest BCUT2D eigenvalue weighted by molar-refractivity contribution is 6.41. The number of carbonyl (C=O) groups is 1. The van der Waals surface area contributed by atoms with E-state index in [0.717, 1.165) is 19.4 Å². The third kappa shape index (κ3) is 2.98. The molecule has 13 heavy (non-hydrogen) atoms. The lowest BCUT2D eigenvalue weighted by atomic mass is 9.91. The molecular formula is C7H15BN2O3. The Balaban J connectivity index is 2.36. The second-order valence-corrected chi connectivity index (χ2v) is 3.35. The summed E-state index contributed by atoms with van der Waals surface area (Å²) < 4.78 is 0. The number of carbonyl (C=O) groups excluding carboxylic acids is 1. The van der Waals surface area contributed by atoms with Crippen LogP contribution in [0.25, 0.3) is 0 Å². The normalized spacial score (nSPS) is 21.6. The Morgan fingerprint density at radius 1 is 1.69 bits per heavy atom. The number of hydrogen-bond donors (Lipinski definition) is 3. The molecule has 74 valence electrons. The summed E-state index contributed by atoms with van der Waals surface area (Å²) in [6.07, 6.45) is 1.81. The van der Waals surface area contributed by atoms with Gasteiger partial charge in [-0.05, 0) is 19.4 Å². The number of amides is 1. The summed E-state index contributed by atoms with van der Waals surface area (Å²) in [4.78, 5) is 12.9. The fourth-order valence-electron chi connectivity index (χ4n) is 1.50. The third-order valence-corrected chi connectivity index (χ3v) is 2.17. The van der Waals surface area contributed by atoms with E-state index in [9.17, 15) is 4.79 Å². The molecule has 5 nitrogen and oxygen atoms in total. The summed E-state index contributed by atoms with van der Waals surface area (Å²) in [5.41, 5.74) is 0. The Labute approximate surface area is 77.9 Å². The lowest BCUT2D eigenvalue weighted by molar-refractivity contribution is -0.131. The van der Waals surface area contributed by atoms with Crippen molar-refractivity contribution in [1.29, 1.82) is 0 Å². The van der Waals surface area contributed by atoms with Gasteiger partial charge in [0.2, 0.25) is 5.91 Å². The third-order valence-electron chi connectivity index (χ3n) is 2.17. The van der Waals surface area contributed by atoms with Gasteiger partial charge >= 0.3 is 7.12 Å². The molecule has 1 rings (SSSR count). The van der Waals surface area contributed by atoms with E-state index in [0.29, 0.717) is 0 Å². The average Bonchev–Trinajstić information content (AvgIpc) is 2.53. The molecule has 1 heterocycles. The molecule has 0 aliphatic carbocycles. The minimum Gasteiger partial charge on any atom is -0.426 e. The lowest BCUT2D eigenvalue weighted by Gasteiger charge is -2.20. The van der Waals surface area contributed by atoms with Gasteiger partial charge in [0, 0.05) is 7.05 Å². The standard InChI is InChI=1S/C7H15BN2O3/c1-10(5-8(12)13)7(11)6-3-2-4-9-6/h6,9,12-13H,2-5H2,1H3/t6-/m0/s1. The van der Waals surface area contributed by atoms with Crippen LogP contribution in [0.3, 0.4) is 0 Å². The van der Waals surface area contributed by atoms with E-state index in [1.165, 1.54) is 4.90 Å². The molecular weight excluding hydrogens is 171 g/mol. The summed E-state index contributed by atoms with van der Waals surface area (Å²) in [5, 5.41) is 20.4. The Morgan fingerprint density at radius 2 is 2.38 bits per heavy atom. The fourth-order valence-corrected chi connectivity index (χ4v) is 1.50. The molecule has 0 bridgehead atoms. The largest absolute Gasteiger partial charge is 0.472 e. The van der Waals surface area contributed by atoms with Crippen molar-refractivity contribution in [1.82, 2.24) is 10.2 Å². The monoisotopic (exact) mass is 186 g/mol. The maximum atomic E-state index is 11.5. The molecule has 0 unspecified atom stereocenters. The van der Waals surface area contributed by atoms with Gasteiger partial charge in [-0.25, -0.2) is 0 Å². The van der Waals surface area contributed by atoms with Gasteiger partial charge in [-0.2, -0.15) is 0 Å². The highest BCUT2D eigenvalue weighted by atomic mass is 16.4. The minimum absolute atomic E-state index is 0.0307. The van der Waals surface area contributed by atoms with Crippen molar-refractivity contribution < 1.29 is 14.8 Å². The first-order valence-corrected chi connectivity index (χ1v) is 4.45. The molecule has 6 heteroatoms. The lowest BCUT2D eigenvalue weighted by Crippen LogP contribution is -2.45. The average molecular weight is 186 g/mol. The van der Waals surface area contributed by atoms with Crippen LogP contribution in [0.15, 0.2) is 0 Å². The summed E-state index contributed by atoms with van der Waals surface area (Å²) in [6.45, 7) is 0.867. The zero-order valence-corrected chi connectivity index (χ0v) is 7.73. The Morgan fingerprint density at radius 3 is 2.85 bits per heavy atom. The van der Waals surface area contributed by atoms with Crippen molar-refractivity contribution in [2.24, 2.45) is 0 Å². The first-order valence-electron chi connectivity index (χ1n) is 4.45. The molecule has 0 radical (unpaired) electrons. The molecule has 0 spiro atoms. The van der Waals surface area contributed by atoms with Crippen molar-refractivity contribution in [3.8, 4) is 0 Å². The molecule has 1 saturated heterocycles. The van der Waals surface area contributed by atoms with Crippen LogP contribution in [0.1, 0.15) is 12.8 Å². The predicted molar refractivity (Wildman–Crippen MR) is 48.9 cm³/mol. The van der Waals surface area contributed by atoms with Crippen LogP contribution in [-0.2, 0) is 4.79 Å². The van der Waals surface area contributed by atoms with Crippen LogP contribution in [0.4, 0.5) is 0 Å². The summed E-state index contributed by atoms with van der Waals surface area (Å²) in [7, 11) is 0.122. The highest BCUT2D eigenvalue weighted by Gasteiger charge is 2.26. The minimum atomic E-state index is -1.45. The van der Waals surface area contributed by atoms with Crippen molar-refractivity contribution in [3.05, 3.63) is 0 Å². The van der Waals surface area contributed by atoms with Crippen LogP contribution in [0.2, 0.25) is 0 Å². The zero-order valence-electron chi connectivity index (χ0n) is 7.73. The van der Waals surface area contributed by atoms with Crippen LogP contribution in [0, 0.1) is 0 Å². The number of nitrogens with one attached hydrogen (secondary N) is 1. The van der Waals surface area contributed by atoms with E-state index >= 15 is 0 Å². The van der Waals surface area contributed by atoms with Gasteiger partial charge in [-0.1, -0.05) is 0 Å². The smallest absolute Gasteiger partial charge is 0.426 e. The number of likely N-dealkylation sites (N-methyl/N-ethyl adjacent to an activating group) is 1. The fraction of sp³-hybridized carbons (Fsp3) is 0.857. The van der Waals surface area contributed by atoms with E-state index in [1.807, 2.05) is 0 Å². The molecule has 1 fully saturated rings. The van der Waals surface area contributed by atoms with Crippen LogP contribution in [0.5, 0.6) is 0 Å². The van der Waals surface area contributed by atoms with Gasteiger partial charge in [-0.15, -0.1) is 0 Å². The Kier molecular flexibility index (Phi) is 3.71. The molecule has 1 atom stereocenters. The quantitative estimate of drug-likeness (QED) is 0.455. The summed E-state index contributed by atoms with van der Waals surface area (Å²) in [5.74, 6) is -0.0643. The molecule has 1 aliphatic heterocycles. The molecule has 0 aromatic carbocycles. The van der Waals surface area contributed by atoms with Crippen LogP contribution < -0.4 is 5.32 Å². The van der Waals surface area contributed by atoms with E-state index < -0.39 is 7.12 Å². The number of nitrogens with zero attached hydrogens (tertiary/aromatic N) is 1. The highest BCUT2D eigenvalue weighted by Crippen LogP contribution is 2.07. The van der Waals surface area contributed by atoms with E-state index in [2.05, 4.69) is 5.32 Å². The number of hydrogen-bond acceptors (Lipinski definition) is 4. The van der Waals surface area contributed by atoms with E-state index in [4.69, 9.17) is 10.0 Å². The SMILES string of the molecule is CN(CB(O)O)C(=O)[C@@H]1CCCN1. The first kappa shape index (κ1) is 10.5. The molecule has 0 aromatic rings. The Bertz CT molecular complexity index is 183. The van der Waals surface area contributed by atoms with Crippen molar-refractivity contribution in [2.75, 3.05) is 20.0 Å². The van der Waals surface area contributed by atoms with Gasteiger partial charge in [0.1, 0.15) is 0 Å². The van der Waals surface area contributed by atoms with Gasteiger partial charge in [-0.3, -0.25) is 4.79 Å². The molecule has 1 aliphatic rings. The second kappa shape index (κ2) is 4.60. The van der Waals surface area contributed by atoms with Gasteiger partial charge in [0.05, 0.1) is 12.5 Å². The van der Waals surface area contributed by atoms with Gasteiger partial charge < -0.3 is 20.3 Å². The molecule has 3 N–H and O–H groups in total. The molecule has 0 aromatic heterocycles. The maximum Gasteiger partial charge on any atom is 0.472 e. The van der Waals surface area contributed by atoms with Crippen molar-refractivity contribution >= 4 is 13.0 Å². The van der Waals surface area contributed by atoms with Gasteiger partial charge in [0.25, 0.3) is 0 Å². The summed E-state index contributed by atoms with van der Waals surface area (Å²) >= 11 is 0. The van der Waals surface area contributed by atoms with E-state index in [-0.39, 0.29) is 18.4 Å². The first-order chi connectivity index (χ1) is 6.11. The van der Waals surface area contributed by atoms with Crippen LogP contribution in [-0.4, -0.2) is 54.1 Å². The van der Waals surface area contributed by atoms with Crippen LogP contribution >= 0.6 is 0 Å².